The quantitative estimate of drug-likeness (QED) is 0.588. The second-order valence-corrected chi connectivity index (χ2v) is 5.39. The molecule has 10 heteroatoms. The Bertz CT molecular complexity index is 1080. The van der Waals surface area contributed by atoms with Crippen LogP contribution in [0.1, 0.15) is 10.4 Å². The van der Waals surface area contributed by atoms with Crippen molar-refractivity contribution in [1.29, 1.82) is 0 Å². The summed E-state index contributed by atoms with van der Waals surface area (Å²) >= 11 is 0. The Labute approximate surface area is 145 Å². The summed E-state index contributed by atoms with van der Waals surface area (Å²) in [6.45, 7) is -0.681. The summed E-state index contributed by atoms with van der Waals surface area (Å²) in [5, 5.41) is 21.4. The van der Waals surface area contributed by atoms with Crippen molar-refractivity contribution >= 4 is 22.9 Å². The van der Waals surface area contributed by atoms with E-state index in [9.17, 15) is 19.5 Å². The molecule has 3 aromatic rings. The number of hydrogen-bond donors (Lipinski definition) is 3. The fourth-order valence-electron chi connectivity index (χ4n) is 2.45. The van der Waals surface area contributed by atoms with Crippen LogP contribution in [-0.4, -0.2) is 48.2 Å². The lowest BCUT2D eigenvalue weighted by Gasteiger charge is -2.12. The molecule has 0 saturated heterocycles. The number of rotatable bonds is 4. The Morgan fingerprint density at radius 3 is 2.54 bits per heavy atom. The number of aromatic nitrogens is 4. The molecule has 0 aliphatic carbocycles. The first-order valence-corrected chi connectivity index (χ1v) is 7.37. The molecule has 10 nitrogen and oxygen atoms in total. The van der Waals surface area contributed by atoms with E-state index in [0.717, 1.165) is 4.57 Å². The average Bonchev–Trinajstić information content (AvgIpc) is 2.65. The molecule has 0 spiro atoms. The van der Waals surface area contributed by atoms with Gasteiger partial charge in [-0.1, -0.05) is 0 Å². The number of nitrogens with zero attached hydrogens (tertiary/aromatic N) is 4. The van der Waals surface area contributed by atoms with Gasteiger partial charge in [0.25, 0.3) is 11.5 Å². The Kier molecular flexibility index (Phi) is 4.31. The van der Waals surface area contributed by atoms with E-state index in [2.05, 4.69) is 20.3 Å². The molecule has 0 atom stereocenters. The van der Waals surface area contributed by atoms with Gasteiger partial charge in [-0.05, 0) is 6.07 Å². The van der Waals surface area contributed by atoms with Gasteiger partial charge in [-0.15, -0.1) is 0 Å². The maximum Gasteiger partial charge on any atom is 0.322 e. The van der Waals surface area contributed by atoms with Gasteiger partial charge in [-0.3, -0.25) is 19.0 Å². The maximum atomic E-state index is 12.4. The third kappa shape index (κ3) is 2.95. The first-order chi connectivity index (χ1) is 12.4. The third-order valence-corrected chi connectivity index (χ3v) is 3.72. The molecule has 3 N–H and O–H groups in total. The highest BCUT2D eigenvalue weighted by atomic mass is 16.4. The molecular formula is C16H13N5O5. The molecule has 0 aliphatic rings. The molecule has 0 fully saturated rings. The predicted octanol–water partition coefficient (Wildman–Crippen LogP) is -0.0895. The maximum absolute atomic E-state index is 12.4. The molecule has 26 heavy (non-hydrogen) atoms. The van der Waals surface area contributed by atoms with Crippen molar-refractivity contribution in [2.45, 2.75) is 0 Å². The smallest absolute Gasteiger partial charge is 0.322 e. The number of aromatic hydroxyl groups is 1. The van der Waals surface area contributed by atoms with Crippen LogP contribution in [0.15, 0.2) is 35.8 Å². The van der Waals surface area contributed by atoms with Crippen LogP contribution in [0.4, 0.5) is 0 Å². The SMILES string of the molecule is Cn1c(=O)c(C(=O)NCC(=O)O)c(O)c2cc(-c3cncnc3)cnc21. The van der Waals surface area contributed by atoms with Crippen LogP contribution in [0.25, 0.3) is 22.2 Å². The zero-order valence-electron chi connectivity index (χ0n) is 13.5. The summed E-state index contributed by atoms with van der Waals surface area (Å²) in [6, 6.07) is 1.55. The second kappa shape index (κ2) is 6.59. The molecule has 0 saturated carbocycles. The first kappa shape index (κ1) is 17.0. The number of fused-ring (bicyclic) bond motifs is 1. The molecule has 0 aromatic carbocycles. The van der Waals surface area contributed by atoms with Crippen molar-refractivity contribution in [1.82, 2.24) is 24.8 Å². The normalized spacial score (nSPS) is 10.7. The Hall–Kier alpha value is -3.82. The van der Waals surface area contributed by atoms with Gasteiger partial charge in [-0.25, -0.2) is 15.0 Å². The van der Waals surface area contributed by atoms with Gasteiger partial charge in [0.2, 0.25) is 0 Å². The molecule has 0 unspecified atom stereocenters. The first-order valence-electron chi connectivity index (χ1n) is 7.37. The number of carboxylic acid groups (broad SMARTS) is 1. The van der Waals surface area contributed by atoms with Crippen LogP contribution in [0.3, 0.4) is 0 Å². The van der Waals surface area contributed by atoms with Crippen molar-refractivity contribution in [3.8, 4) is 16.9 Å². The van der Waals surface area contributed by atoms with Crippen molar-refractivity contribution in [3.63, 3.8) is 0 Å². The van der Waals surface area contributed by atoms with Crippen LogP contribution in [-0.2, 0) is 11.8 Å². The van der Waals surface area contributed by atoms with Gasteiger partial charge in [0.15, 0.2) is 0 Å². The summed E-state index contributed by atoms with van der Waals surface area (Å²) in [7, 11) is 1.40. The number of nitrogens with one attached hydrogen (secondary N) is 1. The fourth-order valence-corrected chi connectivity index (χ4v) is 2.45. The van der Waals surface area contributed by atoms with E-state index in [0.29, 0.717) is 11.1 Å². The number of amides is 1. The molecule has 132 valence electrons. The van der Waals surface area contributed by atoms with E-state index in [4.69, 9.17) is 5.11 Å². The Morgan fingerprint density at radius 2 is 1.88 bits per heavy atom. The molecule has 3 aromatic heterocycles. The Balaban J connectivity index is 2.19. The summed E-state index contributed by atoms with van der Waals surface area (Å²) in [6.07, 6.45) is 5.96. The highest BCUT2D eigenvalue weighted by Crippen LogP contribution is 2.28. The summed E-state index contributed by atoms with van der Waals surface area (Å²) in [5.41, 5.74) is 0.0320. The van der Waals surface area contributed by atoms with E-state index < -0.39 is 35.3 Å². The van der Waals surface area contributed by atoms with Crippen molar-refractivity contribution < 1.29 is 19.8 Å². The zero-order chi connectivity index (χ0) is 18.8. The molecular weight excluding hydrogens is 342 g/mol. The number of carbonyl (C=O) groups excluding carboxylic acids is 1. The molecule has 0 bridgehead atoms. The van der Waals surface area contributed by atoms with Crippen LogP contribution < -0.4 is 10.9 Å². The number of carboxylic acids is 1. The highest BCUT2D eigenvalue weighted by Gasteiger charge is 2.22. The molecule has 1 amide bonds. The van der Waals surface area contributed by atoms with E-state index in [-0.39, 0.29) is 11.0 Å². The minimum atomic E-state index is -1.27. The van der Waals surface area contributed by atoms with Crippen LogP contribution in [0.5, 0.6) is 5.75 Å². The number of aryl methyl sites for hydroxylation is 1. The van der Waals surface area contributed by atoms with E-state index in [1.165, 1.54) is 19.6 Å². The molecule has 3 heterocycles. The van der Waals surface area contributed by atoms with Crippen molar-refractivity contribution in [2.24, 2.45) is 7.05 Å². The van der Waals surface area contributed by atoms with Gasteiger partial charge in [0, 0.05) is 36.8 Å². The van der Waals surface area contributed by atoms with Crippen LogP contribution in [0, 0.1) is 0 Å². The highest BCUT2D eigenvalue weighted by molar-refractivity contribution is 6.03. The molecule has 0 radical (unpaired) electrons. The fraction of sp³-hybridized carbons (Fsp3) is 0.125. The number of pyridine rings is 2. The minimum absolute atomic E-state index is 0.161. The second-order valence-electron chi connectivity index (χ2n) is 5.39. The molecule has 3 rings (SSSR count). The van der Waals surface area contributed by atoms with Crippen molar-refractivity contribution in [2.75, 3.05) is 6.54 Å². The monoisotopic (exact) mass is 355 g/mol. The van der Waals surface area contributed by atoms with Crippen LogP contribution in [0.2, 0.25) is 0 Å². The van der Waals surface area contributed by atoms with Gasteiger partial charge < -0.3 is 15.5 Å². The van der Waals surface area contributed by atoms with E-state index in [1.54, 1.807) is 18.5 Å². The lowest BCUT2D eigenvalue weighted by Crippen LogP contribution is -2.35. The largest absolute Gasteiger partial charge is 0.506 e. The van der Waals surface area contributed by atoms with Crippen molar-refractivity contribution in [3.05, 3.63) is 46.9 Å². The summed E-state index contributed by atoms with van der Waals surface area (Å²) < 4.78 is 1.11. The molecule has 0 aliphatic heterocycles. The number of carbonyl (C=O) groups is 2. The van der Waals surface area contributed by atoms with Gasteiger partial charge in [0.05, 0.1) is 5.39 Å². The summed E-state index contributed by atoms with van der Waals surface area (Å²) in [4.78, 5) is 47.1. The third-order valence-electron chi connectivity index (χ3n) is 3.72. The van der Waals surface area contributed by atoms with Gasteiger partial charge in [0.1, 0.15) is 29.8 Å². The predicted molar refractivity (Wildman–Crippen MR) is 89.6 cm³/mol. The Morgan fingerprint density at radius 1 is 1.19 bits per heavy atom. The van der Waals surface area contributed by atoms with Crippen LogP contribution >= 0.6 is 0 Å². The topological polar surface area (TPSA) is 147 Å². The average molecular weight is 355 g/mol. The number of hydrogen-bond acceptors (Lipinski definition) is 7. The lowest BCUT2D eigenvalue weighted by molar-refractivity contribution is -0.135. The van der Waals surface area contributed by atoms with E-state index in [1.807, 2.05) is 0 Å². The van der Waals surface area contributed by atoms with Gasteiger partial charge in [-0.2, -0.15) is 0 Å². The summed E-state index contributed by atoms with van der Waals surface area (Å²) in [5.74, 6) is -2.83. The van der Waals surface area contributed by atoms with E-state index >= 15 is 0 Å². The minimum Gasteiger partial charge on any atom is -0.506 e. The lowest BCUT2D eigenvalue weighted by atomic mass is 10.1. The number of aliphatic carboxylic acids is 1. The van der Waals surface area contributed by atoms with Gasteiger partial charge >= 0.3 is 5.97 Å². The zero-order valence-corrected chi connectivity index (χ0v) is 13.5. The standard InChI is InChI=1S/C16H13N5O5/c1-21-14-10(2-8(5-19-14)9-3-17-7-18-4-9)13(24)12(16(21)26)15(25)20-6-11(22)23/h2-5,7,24H,6H2,1H3,(H,20,25)(H,22,23).